The minimum atomic E-state index is -4.45. The lowest BCUT2D eigenvalue weighted by atomic mass is 10.1. The molecule has 0 bridgehead atoms. The molecule has 0 saturated carbocycles. The smallest absolute Gasteiger partial charge is 0.422 e. The van der Waals surface area contributed by atoms with E-state index in [1.165, 1.54) is 6.20 Å². The first-order valence-corrected chi connectivity index (χ1v) is 9.42. The number of pyridine rings is 2. The first-order chi connectivity index (χ1) is 14.8. The molecule has 0 unspecified atom stereocenters. The molecule has 1 N–H and O–H groups in total. The second-order valence-electron chi connectivity index (χ2n) is 6.91. The number of hydrogen-bond acceptors (Lipinski definition) is 5. The Hall–Kier alpha value is -3.69. The number of likely N-dealkylation sites (N-methyl/N-ethyl adjacent to an activating group) is 1. The number of aromatic nitrogens is 4. The normalized spacial score (nSPS) is 11.7. The van der Waals surface area contributed by atoms with Gasteiger partial charge in [-0.3, -0.25) is 14.5 Å². The van der Waals surface area contributed by atoms with Crippen molar-refractivity contribution in [2.24, 2.45) is 0 Å². The maximum absolute atomic E-state index is 12.5. The summed E-state index contributed by atoms with van der Waals surface area (Å²) in [5, 5.41) is 9.08. The number of alkyl halides is 3. The molecule has 10 heteroatoms. The predicted molar refractivity (Wildman–Crippen MR) is 108 cm³/mol. The summed E-state index contributed by atoms with van der Waals surface area (Å²) >= 11 is 0. The number of benzene rings is 1. The number of nitrogens with one attached hydrogen (secondary N) is 1. The molecule has 0 aliphatic rings. The van der Waals surface area contributed by atoms with E-state index in [-0.39, 0.29) is 18.2 Å². The second kappa shape index (κ2) is 8.21. The monoisotopic (exact) mass is 429 g/mol. The van der Waals surface area contributed by atoms with Crippen LogP contribution in [-0.2, 0) is 17.8 Å². The lowest BCUT2D eigenvalue weighted by Crippen LogP contribution is -2.20. The number of carbonyl (C=O) groups excluding carboxylic acids is 1. The maximum Gasteiger partial charge on any atom is 0.422 e. The molecule has 0 atom stereocenters. The van der Waals surface area contributed by atoms with Crippen LogP contribution in [0.4, 0.5) is 13.2 Å². The Balaban J connectivity index is 1.67. The zero-order valence-electron chi connectivity index (χ0n) is 16.5. The fourth-order valence-corrected chi connectivity index (χ4v) is 3.30. The summed E-state index contributed by atoms with van der Waals surface area (Å²) in [5.74, 6) is -0.225. The number of nitrogens with zero attached hydrogens (tertiary/aromatic N) is 4. The van der Waals surface area contributed by atoms with Crippen molar-refractivity contribution in [3.8, 4) is 5.88 Å². The van der Waals surface area contributed by atoms with Gasteiger partial charge in [-0.1, -0.05) is 18.2 Å². The largest absolute Gasteiger partial charge is 0.468 e. The molecule has 7 nitrogen and oxygen atoms in total. The number of ether oxygens (including phenoxy) is 1. The first kappa shape index (κ1) is 20.6. The maximum atomic E-state index is 12.5. The molecule has 0 fully saturated rings. The van der Waals surface area contributed by atoms with Crippen LogP contribution in [0.3, 0.4) is 0 Å². The van der Waals surface area contributed by atoms with Gasteiger partial charge in [-0.05, 0) is 23.1 Å². The Morgan fingerprint density at radius 3 is 2.65 bits per heavy atom. The highest BCUT2D eigenvalue weighted by Crippen LogP contribution is 2.28. The summed E-state index contributed by atoms with van der Waals surface area (Å²) in [6.07, 6.45) is 0.571. The highest BCUT2D eigenvalue weighted by Gasteiger charge is 2.29. The van der Waals surface area contributed by atoms with Crippen LogP contribution in [-0.4, -0.2) is 45.5 Å². The molecule has 0 saturated heterocycles. The Morgan fingerprint density at radius 1 is 1.13 bits per heavy atom. The van der Waals surface area contributed by atoms with Crippen molar-refractivity contribution in [3.05, 3.63) is 60.2 Å². The van der Waals surface area contributed by atoms with Crippen LogP contribution in [0.2, 0.25) is 0 Å². The van der Waals surface area contributed by atoms with Crippen molar-refractivity contribution in [2.75, 3.05) is 13.7 Å². The summed E-state index contributed by atoms with van der Waals surface area (Å²) in [6, 6.07) is 8.73. The van der Waals surface area contributed by atoms with E-state index < -0.39 is 12.8 Å². The first-order valence-electron chi connectivity index (χ1n) is 9.42. The van der Waals surface area contributed by atoms with Crippen molar-refractivity contribution >= 4 is 27.6 Å². The summed E-state index contributed by atoms with van der Waals surface area (Å²) in [5.41, 5.74) is 2.07. The van der Waals surface area contributed by atoms with Gasteiger partial charge in [0.2, 0.25) is 11.8 Å². The zero-order chi connectivity index (χ0) is 22.0. The topological polar surface area (TPSA) is 81.9 Å². The van der Waals surface area contributed by atoms with Gasteiger partial charge in [-0.25, -0.2) is 4.98 Å². The number of halogens is 3. The van der Waals surface area contributed by atoms with Crippen LogP contribution in [0.5, 0.6) is 5.88 Å². The highest BCUT2D eigenvalue weighted by atomic mass is 19.4. The average molecular weight is 429 g/mol. The molecule has 160 valence electrons. The quantitative estimate of drug-likeness (QED) is 0.509. The number of fused-ring (bicyclic) bond motifs is 2. The Labute approximate surface area is 174 Å². The van der Waals surface area contributed by atoms with Crippen molar-refractivity contribution in [1.82, 2.24) is 25.1 Å². The molecule has 3 heterocycles. The molecule has 4 aromatic rings. The molecule has 31 heavy (non-hydrogen) atoms. The number of carbonyl (C=O) groups is 1. The lowest BCUT2D eigenvalue weighted by Gasteiger charge is -2.13. The van der Waals surface area contributed by atoms with Crippen molar-refractivity contribution < 1.29 is 22.7 Å². The Kier molecular flexibility index (Phi) is 5.45. The SMILES string of the molecule is CNC(=O)Cc1nccc2nn(Cc3cnc(OCC(F)(F)F)c4ccccc34)cc12. The van der Waals surface area contributed by atoms with Gasteiger partial charge in [0, 0.05) is 36.4 Å². The van der Waals surface area contributed by atoms with E-state index in [4.69, 9.17) is 4.74 Å². The van der Waals surface area contributed by atoms with Gasteiger partial charge in [-0.2, -0.15) is 18.3 Å². The molecule has 0 spiro atoms. The second-order valence-corrected chi connectivity index (χ2v) is 6.91. The summed E-state index contributed by atoms with van der Waals surface area (Å²) < 4.78 is 44.2. The zero-order valence-corrected chi connectivity index (χ0v) is 16.5. The summed E-state index contributed by atoms with van der Waals surface area (Å²) in [4.78, 5) is 20.1. The molecule has 4 rings (SSSR count). The van der Waals surface area contributed by atoms with Gasteiger partial charge in [0.25, 0.3) is 0 Å². The fourth-order valence-electron chi connectivity index (χ4n) is 3.30. The van der Waals surface area contributed by atoms with Crippen LogP contribution in [0.25, 0.3) is 21.7 Å². The van der Waals surface area contributed by atoms with E-state index in [9.17, 15) is 18.0 Å². The van der Waals surface area contributed by atoms with E-state index in [0.29, 0.717) is 23.1 Å². The molecular formula is C21H18F3N5O2. The van der Waals surface area contributed by atoms with Crippen LogP contribution in [0.15, 0.2) is 48.9 Å². The van der Waals surface area contributed by atoms with Crippen molar-refractivity contribution in [3.63, 3.8) is 0 Å². The number of rotatable bonds is 6. The Bertz CT molecular complexity index is 1250. The molecule has 3 aromatic heterocycles. The van der Waals surface area contributed by atoms with Crippen LogP contribution >= 0.6 is 0 Å². The van der Waals surface area contributed by atoms with E-state index in [2.05, 4.69) is 20.4 Å². The van der Waals surface area contributed by atoms with Gasteiger partial charge in [-0.15, -0.1) is 0 Å². The Morgan fingerprint density at radius 2 is 1.90 bits per heavy atom. The fraction of sp³-hybridized carbons (Fsp3) is 0.238. The van der Waals surface area contributed by atoms with Crippen LogP contribution < -0.4 is 10.1 Å². The van der Waals surface area contributed by atoms with Gasteiger partial charge in [0.15, 0.2) is 6.61 Å². The standard InChI is InChI=1S/C21H18F3N5O2/c1-25-19(30)8-18-16-11-29(28-17(16)6-7-26-18)10-13-9-27-20(31-12-21(22,23)24)15-5-3-2-4-14(13)15/h2-7,9,11H,8,10,12H2,1H3,(H,25,30). The van der Waals surface area contributed by atoms with Gasteiger partial charge < -0.3 is 10.1 Å². The van der Waals surface area contributed by atoms with Gasteiger partial charge in [0.05, 0.1) is 24.2 Å². The summed E-state index contributed by atoms with van der Waals surface area (Å²) in [6.45, 7) is -1.07. The lowest BCUT2D eigenvalue weighted by molar-refractivity contribution is -0.153. The minimum absolute atomic E-state index is 0.0700. The number of hydrogen-bond donors (Lipinski definition) is 1. The average Bonchev–Trinajstić information content (AvgIpc) is 3.16. The third kappa shape index (κ3) is 4.57. The van der Waals surface area contributed by atoms with E-state index in [1.54, 1.807) is 54.5 Å². The van der Waals surface area contributed by atoms with E-state index in [1.807, 2.05) is 0 Å². The molecule has 0 radical (unpaired) electrons. The highest BCUT2D eigenvalue weighted by molar-refractivity contribution is 5.90. The van der Waals surface area contributed by atoms with Crippen LogP contribution in [0, 0.1) is 0 Å². The molecule has 1 aromatic carbocycles. The van der Waals surface area contributed by atoms with Gasteiger partial charge in [0.1, 0.15) is 0 Å². The third-order valence-corrected chi connectivity index (χ3v) is 4.72. The molecular weight excluding hydrogens is 411 g/mol. The molecule has 1 amide bonds. The summed E-state index contributed by atoms with van der Waals surface area (Å²) in [7, 11) is 1.56. The van der Waals surface area contributed by atoms with E-state index >= 15 is 0 Å². The predicted octanol–water partition coefficient (Wildman–Crippen LogP) is 3.26. The number of amides is 1. The van der Waals surface area contributed by atoms with Crippen molar-refractivity contribution in [2.45, 2.75) is 19.1 Å². The molecule has 0 aliphatic heterocycles. The molecule has 0 aliphatic carbocycles. The minimum Gasteiger partial charge on any atom is -0.468 e. The van der Waals surface area contributed by atoms with E-state index in [0.717, 1.165) is 16.3 Å². The van der Waals surface area contributed by atoms with Gasteiger partial charge >= 0.3 is 6.18 Å². The van der Waals surface area contributed by atoms with Crippen LogP contribution in [0.1, 0.15) is 11.3 Å². The third-order valence-electron chi connectivity index (χ3n) is 4.72. The van der Waals surface area contributed by atoms with Crippen molar-refractivity contribution in [1.29, 1.82) is 0 Å².